The van der Waals surface area contributed by atoms with Gasteiger partial charge in [0.05, 0.1) is 16.0 Å². The second kappa shape index (κ2) is 10.9. The molecule has 210 valence electrons. The number of hydrogen-bond acceptors (Lipinski definition) is 10. The SMILES string of the molecule is C=CC(=O)N1CCN(c2nc(N3CC(N(C)C)C3)nc3c(Oc4c(Cl)c(C)cc(N)c4C=N)nc(C)cc23)CC1. The molecule has 1 aromatic carbocycles. The molecule has 0 radical (unpaired) electrons. The normalized spacial score (nSPS) is 15.9. The number of aromatic nitrogens is 3. The van der Waals surface area contributed by atoms with Crippen LogP contribution in [-0.4, -0.2) is 96.3 Å². The third-order valence-electron chi connectivity index (χ3n) is 7.50. The number of nitrogens with two attached hydrogens (primary N) is 1. The first-order chi connectivity index (χ1) is 19.1. The number of halogens is 1. The van der Waals surface area contributed by atoms with Crippen LogP contribution >= 0.6 is 11.6 Å². The first-order valence-corrected chi connectivity index (χ1v) is 13.5. The molecule has 12 heteroatoms. The van der Waals surface area contributed by atoms with Gasteiger partial charge in [-0.2, -0.15) is 4.98 Å². The molecule has 11 nitrogen and oxygen atoms in total. The number of likely N-dealkylation sites (N-methyl/N-ethyl adjacent to an activating group) is 1. The van der Waals surface area contributed by atoms with Gasteiger partial charge in [-0.3, -0.25) is 4.79 Å². The maximum absolute atomic E-state index is 12.2. The van der Waals surface area contributed by atoms with Crippen LogP contribution in [0.3, 0.4) is 0 Å². The number of carbonyl (C=O) groups excluding carboxylic acids is 1. The molecule has 1 amide bonds. The number of fused-ring (bicyclic) bond motifs is 1. The van der Waals surface area contributed by atoms with Gasteiger partial charge in [0.15, 0.2) is 5.75 Å². The summed E-state index contributed by atoms with van der Waals surface area (Å²) in [6.45, 7) is 11.3. The average molecular weight is 564 g/mol. The lowest BCUT2D eigenvalue weighted by atomic mass is 10.1. The van der Waals surface area contributed by atoms with E-state index >= 15 is 0 Å². The number of nitrogens with one attached hydrogen (secondary N) is 1. The number of carbonyl (C=O) groups is 1. The minimum atomic E-state index is -0.0739. The zero-order valence-corrected chi connectivity index (χ0v) is 24.0. The van der Waals surface area contributed by atoms with E-state index in [9.17, 15) is 4.79 Å². The summed E-state index contributed by atoms with van der Waals surface area (Å²) in [5, 5.41) is 9.07. The summed E-state index contributed by atoms with van der Waals surface area (Å²) < 4.78 is 6.36. The van der Waals surface area contributed by atoms with E-state index in [1.54, 1.807) is 11.0 Å². The van der Waals surface area contributed by atoms with Crippen LogP contribution in [0.25, 0.3) is 10.9 Å². The summed E-state index contributed by atoms with van der Waals surface area (Å²) in [6, 6.07) is 4.08. The van der Waals surface area contributed by atoms with Crippen molar-refractivity contribution < 1.29 is 9.53 Å². The number of pyridine rings is 1. The van der Waals surface area contributed by atoms with E-state index in [1.807, 2.05) is 19.9 Å². The van der Waals surface area contributed by atoms with Crippen LogP contribution in [0.1, 0.15) is 16.8 Å². The quantitative estimate of drug-likeness (QED) is 0.253. The molecule has 4 heterocycles. The van der Waals surface area contributed by atoms with E-state index in [2.05, 4.69) is 35.4 Å². The molecular formula is C28H34ClN9O2. The van der Waals surface area contributed by atoms with E-state index in [0.29, 0.717) is 65.7 Å². The van der Waals surface area contributed by atoms with E-state index in [0.717, 1.165) is 36.1 Å². The van der Waals surface area contributed by atoms with Crippen molar-refractivity contribution in [3.05, 3.63) is 46.6 Å². The van der Waals surface area contributed by atoms with Crippen molar-refractivity contribution in [1.29, 1.82) is 5.41 Å². The lowest BCUT2D eigenvalue weighted by molar-refractivity contribution is -0.126. The van der Waals surface area contributed by atoms with Crippen molar-refractivity contribution in [3.63, 3.8) is 0 Å². The van der Waals surface area contributed by atoms with Gasteiger partial charge in [0.1, 0.15) is 11.3 Å². The Balaban J connectivity index is 1.62. The molecule has 2 aliphatic rings. The summed E-state index contributed by atoms with van der Waals surface area (Å²) in [6.07, 6.45) is 2.48. The summed E-state index contributed by atoms with van der Waals surface area (Å²) in [5.74, 6) is 1.80. The van der Waals surface area contributed by atoms with Crippen molar-refractivity contribution >= 4 is 52.1 Å². The predicted octanol–water partition coefficient (Wildman–Crippen LogP) is 3.25. The lowest BCUT2D eigenvalue weighted by Gasteiger charge is -2.43. The fourth-order valence-electron chi connectivity index (χ4n) is 5.01. The van der Waals surface area contributed by atoms with Gasteiger partial charge in [0, 0.05) is 62.9 Å². The van der Waals surface area contributed by atoms with Crippen LogP contribution in [0.5, 0.6) is 11.6 Å². The standard InChI is InChI=1S/C28H34ClN9O2/c1-6-22(39)36-7-9-37(10-8-36)26-19-12-17(3)32-27(40-25-20(13-30)21(31)11-16(2)23(25)29)24(19)33-28(34-26)38-14-18(15-38)35(4)5/h6,11-13,18,30H,1,7-10,14-15,31H2,2-5H3. The molecule has 0 saturated carbocycles. The van der Waals surface area contributed by atoms with Crippen molar-refractivity contribution in [2.24, 2.45) is 0 Å². The van der Waals surface area contributed by atoms with Gasteiger partial charge < -0.3 is 35.5 Å². The molecule has 3 aromatic rings. The van der Waals surface area contributed by atoms with Crippen LogP contribution in [0.2, 0.25) is 5.02 Å². The van der Waals surface area contributed by atoms with Gasteiger partial charge in [0.25, 0.3) is 0 Å². The number of nitrogens with zero attached hydrogens (tertiary/aromatic N) is 7. The lowest BCUT2D eigenvalue weighted by Crippen LogP contribution is -2.58. The number of benzene rings is 1. The van der Waals surface area contributed by atoms with Crippen LogP contribution in [0.4, 0.5) is 17.5 Å². The number of rotatable bonds is 7. The molecule has 2 aromatic heterocycles. The Morgan fingerprint density at radius 2 is 1.85 bits per heavy atom. The molecule has 2 fully saturated rings. The minimum absolute atomic E-state index is 0.0739. The number of anilines is 3. The number of hydrogen-bond donors (Lipinski definition) is 2. The first-order valence-electron chi connectivity index (χ1n) is 13.1. The molecule has 2 saturated heterocycles. The fourth-order valence-corrected chi connectivity index (χ4v) is 5.21. The van der Waals surface area contributed by atoms with Crippen molar-refractivity contribution in [1.82, 2.24) is 24.8 Å². The van der Waals surface area contributed by atoms with Crippen molar-refractivity contribution in [2.45, 2.75) is 19.9 Å². The Hall–Kier alpha value is -3.96. The Labute approximate surface area is 238 Å². The first kappa shape index (κ1) is 27.6. The number of ether oxygens (including phenoxy) is 1. The van der Waals surface area contributed by atoms with Crippen LogP contribution < -0.4 is 20.3 Å². The molecule has 0 unspecified atom stereocenters. The minimum Gasteiger partial charge on any atom is -0.435 e. The topological polar surface area (TPSA) is 128 Å². The van der Waals surface area contributed by atoms with Crippen LogP contribution in [0.15, 0.2) is 24.8 Å². The molecule has 5 rings (SSSR count). The predicted molar refractivity (Wildman–Crippen MR) is 159 cm³/mol. The van der Waals surface area contributed by atoms with Gasteiger partial charge in [-0.15, -0.1) is 0 Å². The molecule has 3 N–H and O–H groups in total. The third-order valence-corrected chi connectivity index (χ3v) is 7.97. The monoisotopic (exact) mass is 563 g/mol. The van der Waals surface area contributed by atoms with Gasteiger partial charge in [0.2, 0.25) is 17.7 Å². The summed E-state index contributed by atoms with van der Waals surface area (Å²) in [7, 11) is 4.13. The van der Waals surface area contributed by atoms with Crippen LogP contribution in [-0.2, 0) is 4.79 Å². The van der Waals surface area contributed by atoms with Gasteiger partial charge >= 0.3 is 0 Å². The molecule has 0 spiro atoms. The molecular weight excluding hydrogens is 530 g/mol. The molecule has 0 aliphatic carbocycles. The molecule has 0 atom stereocenters. The van der Waals surface area contributed by atoms with E-state index in [-0.39, 0.29) is 17.5 Å². The zero-order valence-electron chi connectivity index (χ0n) is 23.2. The maximum atomic E-state index is 12.2. The number of nitrogen functional groups attached to an aromatic ring is 1. The van der Waals surface area contributed by atoms with Crippen molar-refractivity contribution in [3.8, 4) is 11.6 Å². The van der Waals surface area contributed by atoms with Crippen molar-refractivity contribution in [2.75, 3.05) is 68.9 Å². The Bertz CT molecular complexity index is 1500. The summed E-state index contributed by atoms with van der Waals surface area (Å²) in [5.41, 5.74) is 8.95. The zero-order chi connectivity index (χ0) is 28.7. The highest BCUT2D eigenvalue weighted by atomic mass is 35.5. The van der Waals surface area contributed by atoms with E-state index < -0.39 is 0 Å². The Morgan fingerprint density at radius 3 is 2.48 bits per heavy atom. The highest BCUT2D eigenvalue weighted by Gasteiger charge is 2.32. The Kier molecular flexibility index (Phi) is 7.52. The molecule has 0 bridgehead atoms. The number of piperazine rings is 1. The highest BCUT2D eigenvalue weighted by molar-refractivity contribution is 6.33. The van der Waals surface area contributed by atoms with E-state index in [1.165, 1.54) is 6.08 Å². The molecule has 2 aliphatic heterocycles. The summed E-state index contributed by atoms with van der Waals surface area (Å²) >= 11 is 6.65. The van der Waals surface area contributed by atoms with Gasteiger partial charge in [-0.1, -0.05) is 18.2 Å². The number of amides is 1. The summed E-state index contributed by atoms with van der Waals surface area (Å²) in [4.78, 5) is 35.1. The third kappa shape index (κ3) is 5.02. The highest BCUT2D eigenvalue weighted by Crippen LogP contribution is 2.41. The molecule has 40 heavy (non-hydrogen) atoms. The maximum Gasteiger partial charge on any atom is 0.246 e. The average Bonchev–Trinajstić information content (AvgIpc) is 2.90. The van der Waals surface area contributed by atoms with Gasteiger partial charge in [-0.05, 0) is 51.7 Å². The van der Waals surface area contributed by atoms with E-state index in [4.69, 9.17) is 42.4 Å². The van der Waals surface area contributed by atoms with Gasteiger partial charge in [-0.25, -0.2) is 9.97 Å². The smallest absolute Gasteiger partial charge is 0.246 e. The second-order valence-electron chi connectivity index (χ2n) is 10.4. The fraction of sp³-hybridized carbons (Fsp3) is 0.393. The largest absolute Gasteiger partial charge is 0.435 e. The number of aryl methyl sites for hydroxylation is 2. The second-order valence-corrected chi connectivity index (χ2v) is 10.8. The van der Waals surface area contributed by atoms with Crippen LogP contribution in [0, 0.1) is 19.3 Å². The Morgan fingerprint density at radius 1 is 1.15 bits per heavy atom.